The van der Waals surface area contributed by atoms with Crippen LogP contribution in [0.4, 0.5) is 0 Å². The van der Waals surface area contributed by atoms with Crippen LogP contribution in [0.3, 0.4) is 0 Å². The second-order valence-corrected chi connectivity index (χ2v) is 8.12. The Morgan fingerprint density at radius 1 is 1.00 bits per heavy atom. The van der Waals surface area contributed by atoms with E-state index in [0.29, 0.717) is 0 Å². The van der Waals surface area contributed by atoms with Gasteiger partial charge in [0, 0.05) is 0 Å². The van der Waals surface area contributed by atoms with Gasteiger partial charge in [-0.15, -0.1) is 0 Å². The highest BCUT2D eigenvalue weighted by molar-refractivity contribution is 7.60. The molecule has 0 spiro atoms. The van der Waals surface area contributed by atoms with Crippen LogP contribution in [0.2, 0.25) is 0 Å². The topological polar surface area (TPSA) is 113 Å². The first-order valence-electron chi connectivity index (χ1n) is 7.67. The third kappa shape index (κ3) is 13.8. The fraction of sp³-hybridized carbons (Fsp3) is 0.714. The van der Waals surface area contributed by atoms with Crippen LogP contribution in [0.15, 0.2) is 23.3 Å². The lowest BCUT2D eigenvalue weighted by Gasteiger charge is -2.12. The van der Waals surface area contributed by atoms with Gasteiger partial charge >= 0.3 is 15.6 Å². The molecule has 0 aliphatic heterocycles. The van der Waals surface area contributed by atoms with Gasteiger partial charge in [-0.2, -0.15) is 4.31 Å². The lowest BCUT2D eigenvalue weighted by atomic mass is 10.0. The quantitative estimate of drug-likeness (QED) is 0.343. The molecule has 0 bridgehead atoms. The van der Waals surface area contributed by atoms with Crippen molar-refractivity contribution in [3.8, 4) is 0 Å². The summed E-state index contributed by atoms with van der Waals surface area (Å²) >= 11 is 0. The molecule has 1 atom stereocenters. The average molecular weight is 370 g/mol. The molecule has 0 aromatic rings. The summed E-state index contributed by atoms with van der Waals surface area (Å²) in [6.45, 7) is 6.02. The predicted octanol–water partition coefficient (Wildman–Crippen LogP) is 4.47. The highest BCUT2D eigenvalue weighted by atomic mass is 31.3. The molecular formula is C14H28O7P2. The zero-order valence-corrected chi connectivity index (χ0v) is 15.8. The van der Waals surface area contributed by atoms with Crippen LogP contribution in [-0.2, 0) is 18.0 Å². The Morgan fingerprint density at radius 2 is 1.61 bits per heavy atom. The Labute approximate surface area is 138 Å². The summed E-state index contributed by atoms with van der Waals surface area (Å²) in [5.41, 5.74) is 2.42. The molecule has 0 saturated heterocycles. The van der Waals surface area contributed by atoms with Gasteiger partial charge in [0.15, 0.2) is 0 Å². The van der Waals surface area contributed by atoms with Crippen LogP contribution >= 0.6 is 15.6 Å². The molecule has 1 unspecified atom stereocenters. The summed E-state index contributed by atoms with van der Waals surface area (Å²) in [6.07, 6.45) is 9.49. The van der Waals surface area contributed by atoms with Gasteiger partial charge in [-0.25, -0.2) is 9.13 Å². The summed E-state index contributed by atoms with van der Waals surface area (Å²) in [6, 6.07) is 0. The van der Waals surface area contributed by atoms with Crippen molar-refractivity contribution in [3.63, 3.8) is 0 Å². The fourth-order valence-corrected chi connectivity index (χ4v) is 3.58. The minimum atomic E-state index is -5.07. The molecule has 0 saturated carbocycles. The zero-order chi connectivity index (χ0) is 17.9. The van der Waals surface area contributed by atoms with Gasteiger partial charge in [-0.3, -0.25) is 4.52 Å². The molecule has 9 heteroatoms. The summed E-state index contributed by atoms with van der Waals surface area (Å²) < 4.78 is 30.1. The minimum Gasteiger partial charge on any atom is -0.302 e. The molecule has 136 valence electrons. The van der Waals surface area contributed by atoms with Crippen LogP contribution in [0.1, 0.15) is 59.3 Å². The van der Waals surface area contributed by atoms with Gasteiger partial charge < -0.3 is 14.7 Å². The van der Waals surface area contributed by atoms with Crippen molar-refractivity contribution in [2.75, 3.05) is 6.61 Å². The third-order valence-corrected chi connectivity index (χ3v) is 5.14. The Balaban J connectivity index is 4.49. The first-order valence-corrected chi connectivity index (χ1v) is 10.7. The van der Waals surface area contributed by atoms with Crippen molar-refractivity contribution in [2.45, 2.75) is 59.3 Å². The molecule has 3 N–H and O–H groups in total. The number of phosphoric acid groups is 2. The smallest absolute Gasteiger partial charge is 0.302 e. The molecule has 0 heterocycles. The van der Waals surface area contributed by atoms with Crippen LogP contribution in [0.5, 0.6) is 0 Å². The summed E-state index contributed by atoms with van der Waals surface area (Å²) in [4.78, 5) is 26.2. The van der Waals surface area contributed by atoms with Gasteiger partial charge in [0.25, 0.3) is 0 Å². The van der Waals surface area contributed by atoms with Crippen molar-refractivity contribution in [1.82, 2.24) is 0 Å². The first kappa shape index (κ1) is 22.7. The van der Waals surface area contributed by atoms with Gasteiger partial charge in [0.05, 0.1) is 6.61 Å². The van der Waals surface area contributed by atoms with Crippen molar-refractivity contribution in [3.05, 3.63) is 23.3 Å². The van der Waals surface area contributed by atoms with Crippen LogP contribution in [-0.4, -0.2) is 21.3 Å². The monoisotopic (exact) mass is 370 g/mol. The van der Waals surface area contributed by atoms with Crippen molar-refractivity contribution in [2.24, 2.45) is 0 Å². The van der Waals surface area contributed by atoms with Crippen molar-refractivity contribution >= 4 is 15.6 Å². The lowest BCUT2D eigenvalue weighted by Crippen LogP contribution is -1.95. The summed E-state index contributed by atoms with van der Waals surface area (Å²) in [7, 11) is -9.83. The Hall–Kier alpha value is -0.260. The average Bonchev–Trinajstić information content (AvgIpc) is 2.35. The number of rotatable bonds is 12. The number of allylic oxidation sites excluding steroid dienone is 3. The van der Waals surface area contributed by atoms with E-state index in [9.17, 15) is 14.0 Å². The molecule has 23 heavy (non-hydrogen) atoms. The lowest BCUT2D eigenvalue weighted by molar-refractivity contribution is 0.191. The molecule has 0 aromatic heterocycles. The Bertz CT molecular complexity index is 493. The SMILES string of the molecule is CCC/C(C)=C/CC/C(=C/COP(=O)(O)OP(=O)(O)O)CCC. The number of phosphoric ester groups is 1. The molecule has 0 amide bonds. The maximum atomic E-state index is 11.3. The number of hydrogen-bond donors (Lipinski definition) is 3. The standard InChI is InChI=1S/C14H28O7P2/c1-4-7-13(3)9-6-10-14(8-5-2)11-12-20-23(18,19)21-22(15,16)17/h9,11H,4-8,10,12H2,1-3H3,(H,18,19)(H2,15,16,17)/b13-9+,14-11+. The second kappa shape index (κ2) is 11.3. The van der Waals surface area contributed by atoms with Crippen LogP contribution in [0, 0.1) is 0 Å². The zero-order valence-electron chi connectivity index (χ0n) is 14.0. The highest BCUT2D eigenvalue weighted by Gasteiger charge is 2.31. The van der Waals surface area contributed by atoms with Crippen molar-refractivity contribution in [1.29, 1.82) is 0 Å². The largest absolute Gasteiger partial charge is 0.481 e. The van der Waals surface area contributed by atoms with E-state index in [1.165, 1.54) is 5.57 Å². The van der Waals surface area contributed by atoms with E-state index in [4.69, 9.17) is 9.79 Å². The molecule has 0 aliphatic rings. The minimum absolute atomic E-state index is 0.235. The summed E-state index contributed by atoms with van der Waals surface area (Å²) in [5, 5.41) is 0. The van der Waals surface area contributed by atoms with E-state index in [0.717, 1.165) is 44.1 Å². The maximum absolute atomic E-state index is 11.3. The van der Waals surface area contributed by atoms with E-state index in [1.807, 2.05) is 6.92 Å². The Kier molecular flexibility index (Phi) is 11.2. The number of hydrogen-bond acceptors (Lipinski definition) is 4. The normalized spacial score (nSPS) is 16.4. The fourth-order valence-electron chi connectivity index (χ4n) is 2.06. The third-order valence-electron chi connectivity index (χ3n) is 2.99. The van der Waals surface area contributed by atoms with Crippen LogP contribution in [0.25, 0.3) is 0 Å². The van der Waals surface area contributed by atoms with Gasteiger partial charge in [0.2, 0.25) is 0 Å². The first-order chi connectivity index (χ1) is 10.6. The van der Waals surface area contributed by atoms with E-state index < -0.39 is 15.6 Å². The molecule has 0 aliphatic carbocycles. The van der Waals surface area contributed by atoms with Gasteiger partial charge in [-0.05, 0) is 32.6 Å². The van der Waals surface area contributed by atoms with E-state index in [2.05, 4.69) is 28.8 Å². The molecule has 0 rings (SSSR count). The maximum Gasteiger partial charge on any atom is 0.481 e. The van der Waals surface area contributed by atoms with E-state index in [1.54, 1.807) is 6.08 Å². The predicted molar refractivity (Wildman–Crippen MR) is 89.8 cm³/mol. The van der Waals surface area contributed by atoms with E-state index in [-0.39, 0.29) is 6.61 Å². The molecule has 7 nitrogen and oxygen atoms in total. The molecule has 0 aromatic carbocycles. The Morgan fingerprint density at radius 3 is 2.13 bits per heavy atom. The summed E-state index contributed by atoms with van der Waals surface area (Å²) in [5.74, 6) is 0. The van der Waals surface area contributed by atoms with Gasteiger partial charge in [0.1, 0.15) is 0 Å². The molecule has 0 radical (unpaired) electrons. The highest BCUT2D eigenvalue weighted by Crippen LogP contribution is 2.57. The van der Waals surface area contributed by atoms with Crippen molar-refractivity contribution < 1.29 is 32.6 Å². The second-order valence-electron chi connectivity index (χ2n) is 5.29. The molecular weight excluding hydrogens is 342 g/mol. The van der Waals surface area contributed by atoms with Gasteiger partial charge in [-0.1, -0.05) is 50.0 Å². The van der Waals surface area contributed by atoms with Crippen LogP contribution < -0.4 is 0 Å². The van der Waals surface area contributed by atoms with E-state index >= 15 is 0 Å². The molecule has 0 fully saturated rings.